The highest BCUT2D eigenvalue weighted by atomic mass is 15.2. The van der Waals surface area contributed by atoms with Crippen molar-refractivity contribution in [3.05, 3.63) is 188 Å². The molecule has 0 aliphatic heterocycles. The molecule has 0 heterocycles. The highest BCUT2D eigenvalue weighted by Crippen LogP contribution is 2.52. The average Bonchev–Trinajstić information content (AvgIpc) is 3.15. The number of hydrogen-bond donors (Lipinski definition) is 0. The molecule has 47 heavy (non-hydrogen) atoms. The van der Waals surface area contributed by atoms with Gasteiger partial charge in [-0.1, -0.05) is 170 Å². The van der Waals surface area contributed by atoms with Crippen LogP contribution in [0.3, 0.4) is 0 Å². The summed E-state index contributed by atoms with van der Waals surface area (Å²) in [6.07, 6.45) is 0. The van der Waals surface area contributed by atoms with Gasteiger partial charge < -0.3 is 4.90 Å². The zero-order valence-corrected chi connectivity index (χ0v) is 25.8. The minimum atomic E-state index is 1.14. The lowest BCUT2D eigenvalue weighted by molar-refractivity contribution is 1.32. The summed E-state index contributed by atoms with van der Waals surface area (Å²) in [5.41, 5.74) is 8.25. The third kappa shape index (κ3) is 4.56. The van der Waals surface area contributed by atoms with Crippen LogP contribution in [0, 0.1) is 0 Å². The van der Waals surface area contributed by atoms with Crippen LogP contribution in [0.4, 0.5) is 17.1 Å². The Kier molecular flexibility index (Phi) is 6.54. The summed E-state index contributed by atoms with van der Waals surface area (Å²) >= 11 is 0. The van der Waals surface area contributed by atoms with Crippen LogP contribution < -0.4 is 4.90 Å². The maximum Gasteiger partial charge on any atom is 0.0625 e. The quantitative estimate of drug-likeness (QED) is 0.178. The zero-order valence-electron chi connectivity index (χ0n) is 25.8. The first kappa shape index (κ1) is 27.2. The van der Waals surface area contributed by atoms with Gasteiger partial charge in [0, 0.05) is 21.9 Å². The van der Waals surface area contributed by atoms with E-state index in [9.17, 15) is 0 Å². The van der Waals surface area contributed by atoms with E-state index in [4.69, 9.17) is 0 Å². The van der Waals surface area contributed by atoms with Crippen LogP contribution in [-0.4, -0.2) is 0 Å². The maximum absolute atomic E-state index is 2.53. The van der Waals surface area contributed by atoms with Crippen molar-refractivity contribution in [3.8, 4) is 22.3 Å². The maximum atomic E-state index is 2.53. The molecule has 0 N–H and O–H groups in total. The Morgan fingerprint density at radius 1 is 0.298 bits per heavy atom. The number of benzene rings is 9. The molecule has 9 aromatic rings. The van der Waals surface area contributed by atoms with Crippen LogP contribution >= 0.6 is 0 Å². The van der Waals surface area contributed by atoms with Crippen LogP contribution in [0.1, 0.15) is 0 Å². The zero-order chi connectivity index (χ0) is 31.2. The van der Waals surface area contributed by atoms with Crippen LogP contribution in [-0.2, 0) is 0 Å². The Morgan fingerprint density at radius 3 is 1.66 bits per heavy atom. The molecule has 0 saturated heterocycles. The Balaban J connectivity index is 1.49. The molecular formula is C46H31N. The molecule has 0 unspecified atom stereocenters. The third-order valence-electron chi connectivity index (χ3n) is 9.40. The van der Waals surface area contributed by atoms with Crippen molar-refractivity contribution in [1.82, 2.24) is 0 Å². The molecule has 1 nitrogen and oxygen atoms in total. The fourth-order valence-electron chi connectivity index (χ4n) is 7.30. The van der Waals surface area contributed by atoms with Crippen LogP contribution in [0.5, 0.6) is 0 Å². The van der Waals surface area contributed by atoms with Gasteiger partial charge in [-0.25, -0.2) is 0 Å². The molecule has 1 heteroatoms. The summed E-state index contributed by atoms with van der Waals surface area (Å²) in [5.74, 6) is 0. The summed E-state index contributed by atoms with van der Waals surface area (Å²) in [7, 11) is 0. The van der Waals surface area contributed by atoms with Crippen molar-refractivity contribution in [3.63, 3.8) is 0 Å². The van der Waals surface area contributed by atoms with Gasteiger partial charge in [-0.15, -0.1) is 0 Å². The standard InChI is InChI=1S/C46H31N/c1-2-16-33(17-3-1)37-22-12-13-27-43(37)47(44-28-14-20-34-18-6-7-21-38(34)44)46-42-26-11-9-24-40(42)39-23-8-10-25-41(39)45(46)36-30-29-32-15-4-5-19-35(32)31-36/h1-31H. The Labute approximate surface area is 274 Å². The number of rotatable bonds is 5. The molecule has 0 saturated carbocycles. The van der Waals surface area contributed by atoms with E-state index in [0.717, 1.165) is 11.4 Å². The topological polar surface area (TPSA) is 3.24 Å². The van der Waals surface area contributed by atoms with Gasteiger partial charge in [0.15, 0.2) is 0 Å². The molecule has 0 spiro atoms. The summed E-state index contributed by atoms with van der Waals surface area (Å²) in [6.45, 7) is 0. The van der Waals surface area contributed by atoms with Gasteiger partial charge in [0.1, 0.15) is 0 Å². The molecule has 0 radical (unpaired) electrons. The predicted octanol–water partition coefficient (Wildman–Crippen LogP) is 13.1. The van der Waals surface area contributed by atoms with Crippen LogP contribution in [0.25, 0.3) is 65.3 Å². The molecule has 0 atom stereocenters. The lowest BCUT2D eigenvalue weighted by Crippen LogP contribution is -2.14. The summed E-state index contributed by atoms with van der Waals surface area (Å²) < 4.78 is 0. The normalized spacial score (nSPS) is 11.4. The van der Waals surface area contributed by atoms with Crippen molar-refractivity contribution < 1.29 is 0 Å². The van der Waals surface area contributed by atoms with Gasteiger partial charge in [0.2, 0.25) is 0 Å². The fourth-order valence-corrected chi connectivity index (χ4v) is 7.30. The lowest BCUT2D eigenvalue weighted by atomic mass is 9.88. The van der Waals surface area contributed by atoms with E-state index in [0.29, 0.717) is 0 Å². The molecule has 0 amide bonds. The van der Waals surface area contributed by atoms with E-state index < -0.39 is 0 Å². The van der Waals surface area contributed by atoms with Gasteiger partial charge in [0.25, 0.3) is 0 Å². The molecule has 9 aromatic carbocycles. The van der Waals surface area contributed by atoms with Gasteiger partial charge in [-0.2, -0.15) is 0 Å². The van der Waals surface area contributed by atoms with E-state index in [1.165, 1.54) is 71.0 Å². The summed E-state index contributed by atoms with van der Waals surface area (Å²) in [6, 6.07) is 68.4. The molecular weight excluding hydrogens is 567 g/mol. The second kappa shape index (κ2) is 11.3. The number of nitrogens with zero attached hydrogens (tertiary/aromatic N) is 1. The van der Waals surface area contributed by atoms with E-state index in [1.54, 1.807) is 0 Å². The van der Waals surface area contributed by atoms with E-state index >= 15 is 0 Å². The molecule has 0 fully saturated rings. The van der Waals surface area contributed by atoms with Crippen LogP contribution in [0.2, 0.25) is 0 Å². The average molecular weight is 598 g/mol. The second-order valence-corrected chi connectivity index (χ2v) is 12.1. The largest absolute Gasteiger partial charge is 0.308 e. The molecule has 220 valence electrons. The number of fused-ring (bicyclic) bond motifs is 5. The number of hydrogen-bond acceptors (Lipinski definition) is 1. The minimum Gasteiger partial charge on any atom is -0.308 e. The molecule has 0 aliphatic rings. The Morgan fingerprint density at radius 2 is 0.851 bits per heavy atom. The van der Waals surface area contributed by atoms with Crippen molar-refractivity contribution in [1.29, 1.82) is 0 Å². The second-order valence-electron chi connectivity index (χ2n) is 12.1. The molecule has 9 rings (SSSR count). The monoisotopic (exact) mass is 597 g/mol. The first-order valence-corrected chi connectivity index (χ1v) is 16.2. The molecule has 0 aromatic heterocycles. The van der Waals surface area contributed by atoms with Crippen molar-refractivity contribution in [2.75, 3.05) is 4.90 Å². The third-order valence-corrected chi connectivity index (χ3v) is 9.40. The smallest absolute Gasteiger partial charge is 0.0625 e. The number of anilines is 3. The molecule has 0 bridgehead atoms. The first-order valence-electron chi connectivity index (χ1n) is 16.2. The highest BCUT2D eigenvalue weighted by Gasteiger charge is 2.26. The summed E-state index contributed by atoms with van der Waals surface area (Å²) in [5, 5.41) is 9.83. The van der Waals surface area contributed by atoms with E-state index in [-0.39, 0.29) is 0 Å². The highest BCUT2D eigenvalue weighted by molar-refractivity contribution is 6.23. The number of para-hydroxylation sites is 1. The Bertz CT molecular complexity index is 2580. The first-order chi connectivity index (χ1) is 23.3. The van der Waals surface area contributed by atoms with Crippen molar-refractivity contribution in [2.24, 2.45) is 0 Å². The Hall–Kier alpha value is -6.18. The lowest BCUT2D eigenvalue weighted by Gasteiger charge is -2.33. The van der Waals surface area contributed by atoms with Crippen molar-refractivity contribution >= 4 is 60.2 Å². The SMILES string of the molecule is c1ccc(-c2ccccc2N(c2cccc3ccccc23)c2c(-c3ccc4ccccc4c3)c3ccccc3c3ccccc23)cc1. The van der Waals surface area contributed by atoms with E-state index in [2.05, 4.69) is 193 Å². The van der Waals surface area contributed by atoms with Gasteiger partial charge in [-0.3, -0.25) is 0 Å². The van der Waals surface area contributed by atoms with Crippen LogP contribution in [0.15, 0.2) is 188 Å². The van der Waals surface area contributed by atoms with Gasteiger partial charge in [-0.05, 0) is 61.6 Å². The molecule has 0 aliphatic carbocycles. The predicted molar refractivity (Wildman–Crippen MR) is 202 cm³/mol. The van der Waals surface area contributed by atoms with Gasteiger partial charge >= 0.3 is 0 Å². The fraction of sp³-hybridized carbons (Fsp3) is 0. The van der Waals surface area contributed by atoms with Gasteiger partial charge in [0.05, 0.1) is 17.1 Å². The minimum absolute atomic E-state index is 1.14. The van der Waals surface area contributed by atoms with E-state index in [1.807, 2.05) is 0 Å². The summed E-state index contributed by atoms with van der Waals surface area (Å²) in [4.78, 5) is 2.53. The van der Waals surface area contributed by atoms with Crippen molar-refractivity contribution in [2.45, 2.75) is 0 Å².